The highest BCUT2D eigenvalue weighted by Crippen LogP contribution is 2.14. The Hall–Kier alpha value is -1.46. The highest BCUT2D eigenvalue weighted by molar-refractivity contribution is 7.98. The van der Waals surface area contributed by atoms with Crippen molar-refractivity contribution in [3.63, 3.8) is 0 Å². The Kier molecular flexibility index (Phi) is 6.63. The average molecular weight is 321 g/mol. The topological polar surface area (TPSA) is 38.3 Å². The number of benzene rings is 1. The van der Waals surface area contributed by atoms with E-state index in [-0.39, 0.29) is 12.5 Å². The van der Waals surface area contributed by atoms with Crippen molar-refractivity contribution < 1.29 is 9.53 Å². The molecular weight excluding hydrogens is 302 g/mol. The summed E-state index contributed by atoms with van der Waals surface area (Å²) in [5, 5.41) is 7.10. The van der Waals surface area contributed by atoms with Crippen LogP contribution in [0.3, 0.4) is 0 Å². The molecule has 112 valence electrons. The molecule has 0 radical (unpaired) electrons. The van der Waals surface area contributed by atoms with Crippen molar-refractivity contribution >= 4 is 29.0 Å². The largest absolute Gasteiger partial charge is 0.484 e. The normalized spacial score (nSPS) is 10.3. The van der Waals surface area contributed by atoms with Crippen molar-refractivity contribution in [3.8, 4) is 5.75 Å². The SMILES string of the molecule is Cc1cccc(OCC(=O)NCCSCc2ccsc2)c1. The van der Waals surface area contributed by atoms with Crippen LogP contribution in [0, 0.1) is 6.92 Å². The quantitative estimate of drug-likeness (QED) is 0.757. The van der Waals surface area contributed by atoms with Gasteiger partial charge in [0, 0.05) is 18.1 Å². The van der Waals surface area contributed by atoms with E-state index in [0.717, 1.165) is 22.8 Å². The van der Waals surface area contributed by atoms with Gasteiger partial charge in [-0.15, -0.1) is 0 Å². The number of rotatable bonds is 8. The third-order valence-electron chi connectivity index (χ3n) is 2.78. The Morgan fingerprint density at radius 1 is 1.38 bits per heavy atom. The van der Waals surface area contributed by atoms with Crippen LogP contribution in [0.25, 0.3) is 0 Å². The minimum atomic E-state index is -0.0763. The number of hydrogen-bond donors (Lipinski definition) is 1. The van der Waals surface area contributed by atoms with E-state index in [1.165, 1.54) is 5.56 Å². The summed E-state index contributed by atoms with van der Waals surface area (Å²) in [6.07, 6.45) is 0. The molecule has 1 N–H and O–H groups in total. The smallest absolute Gasteiger partial charge is 0.257 e. The van der Waals surface area contributed by atoms with Crippen molar-refractivity contribution in [2.24, 2.45) is 0 Å². The molecule has 0 bridgehead atoms. The zero-order valence-corrected chi connectivity index (χ0v) is 13.6. The molecular formula is C16H19NO2S2. The summed E-state index contributed by atoms with van der Waals surface area (Å²) in [6.45, 7) is 2.74. The van der Waals surface area contributed by atoms with Gasteiger partial charge in [-0.3, -0.25) is 4.79 Å². The lowest BCUT2D eigenvalue weighted by Gasteiger charge is -2.07. The summed E-state index contributed by atoms with van der Waals surface area (Å²) < 4.78 is 5.45. The molecule has 0 spiro atoms. The van der Waals surface area contributed by atoms with Crippen molar-refractivity contribution in [1.82, 2.24) is 5.32 Å². The molecule has 0 aliphatic heterocycles. The highest BCUT2D eigenvalue weighted by atomic mass is 32.2. The van der Waals surface area contributed by atoms with E-state index in [1.54, 1.807) is 11.3 Å². The Labute approximate surface area is 133 Å². The maximum Gasteiger partial charge on any atom is 0.257 e. The maximum absolute atomic E-state index is 11.6. The maximum atomic E-state index is 11.6. The van der Waals surface area contributed by atoms with Crippen molar-refractivity contribution in [1.29, 1.82) is 0 Å². The first-order valence-corrected chi connectivity index (χ1v) is 8.89. The second-order valence-electron chi connectivity index (χ2n) is 4.64. The molecule has 0 saturated heterocycles. The van der Waals surface area contributed by atoms with E-state index in [2.05, 4.69) is 22.1 Å². The Morgan fingerprint density at radius 2 is 2.29 bits per heavy atom. The van der Waals surface area contributed by atoms with Gasteiger partial charge >= 0.3 is 0 Å². The first kappa shape index (κ1) is 15.9. The predicted molar refractivity (Wildman–Crippen MR) is 90.2 cm³/mol. The lowest BCUT2D eigenvalue weighted by Crippen LogP contribution is -2.30. The van der Waals surface area contributed by atoms with Crippen LogP contribution in [0.15, 0.2) is 41.1 Å². The van der Waals surface area contributed by atoms with E-state index >= 15 is 0 Å². The van der Waals surface area contributed by atoms with Crippen molar-refractivity contribution in [2.45, 2.75) is 12.7 Å². The Bertz CT molecular complexity index is 555. The fourth-order valence-electron chi connectivity index (χ4n) is 1.73. The van der Waals surface area contributed by atoms with Gasteiger partial charge in [0.1, 0.15) is 5.75 Å². The van der Waals surface area contributed by atoms with Crippen molar-refractivity contribution in [3.05, 3.63) is 52.2 Å². The summed E-state index contributed by atoms with van der Waals surface area (Å²) in [6, 6.07) is 9.83. The van der Waals surface area contributed by atoms with Gasteiger partial charge in [0.15, 0.2) is 6.61 Å². The molecule has 0 saturated carbocycles. The summed E-state index contributed by atoms with van der Waals surface area (Å²) in [4.78, 5) is 11.6. The molecule has 1 aromatic heterocycles. The lowest BCUT2D eigenvalue weighted by molar-refractivity contribution is -0.122. The molecule has 2 rings (SSSR count). The van der Waals surface area contributed by atoms with Crippen LogP contribution in [-0.2, 0) is 10.5 Å². The van der Waals surface area contributed by atoms with E-state index in [4.69, 9.17) is 4.74 Å². The van der Waals surface area contributed by atoms with Crippen LogP contribution >= 0.6 is 23.1 Å². The molecule has 1 heterocycles. The molecule has 0 aliphatic rings. The van der Waals surface area contributed by atoms with Crippen LogP contribution in [0.2, 0.25) is 0 Å². The molecule has 1 aromatic carbocycles. The zero-order valence-electron chi connectivity index (χ0n) is 12.0. The second-order valence-corrected chi connectivity index (χ2v) is 6.52. The van der Waals surface area contributed by atoms with Gasteiger partial charge in [0.05, 0.1) is 0 Å². The van der Waals surface area contributed by atoms with Crippen LogP contribution in [-0.4, -0.2) is 24.8 Å². The number of thiophene rings is 1. The number of hydrogen-bond acceptors (Lipinski definition) is 4. The minimum absolute atomic E-state index is 0.0681. The van der Waals surface area contributed by atoms with Crippen LogP contribution in [0.5, 0.6) is 5.75 Å². The van der Waals surface area contributed by atoms with Gasteiger partial charge < -0.3 is 10.1 Å². The number of carbonyl (C=O) groups is 1. The number of carbonyl (C=O) groups excluding carboxylic acids is 1. The average Bonchev–Trinajstić information content (AvgIpc) is 2.98. The molecule has 5 heteroatoms. The van der Waals surface area contributed by atoms with Gasteiger partial charge in [0.25, 0.3) is 5.91 Å². The lowest BCUT2D eigenvalue weighted by atomic mass is 10.2. The third kappa shape index (κ3) is 6.23. The third-order valence-corrected chi connectivity index (χ3v) is 4.54. The standard InChI is InChI=1S/C16H19NO2S2/c1-13-3-2-4-15(9-13)19-10-16(18)17-6-8-21-12-14-5-7-20-11-14/h2-5,7,9,11H,6,8,10,12H2,1H3,(H,17,18). The highest BCUT2D eigenvalue weighted by Gasteiger charge is 2.02. The molecule has 0 unspecified atom stereocenters. The Morgan fingerprint density at radius 3 is 3.05 bits per heavy atom. The molecule has 2 aromatic rings. The molecule has 21 heavy (non-hydrogen) atoms. The fraction of sp³-hybridized carbons (Fsp3) is 0.312. The predicted octanol–water partition coefficient (Wildman–Crippen LogP) is 3.48. The second kappa shape index (κ2) is 8.74. The number of aryl methyl sites for hydroxylation is 1. The minimum Gasteiger partial charge on any atom is -0.484 e. The first-order chi connectivity index (χ1) is 10.2. The first-order valence-electron chi connectivity index (χ1n) is 6.79. The van der Waals surface area contributed by atoms with E-state index < -0.39 is 0 Å². The van der Waals surface area contributed by atoms with Crippen LogP contribution in [0.1, 0.15) is 11.1 Å². The van der Waals surface area contributed by atoms with Crippen LogP contribution < -0.4 is 10.1 Å². The molecule has 0 fully saturated rings. The van der Waals surface area contributed by atoms with E-state index in [9.17, 15) is 4.79 Å². The van der Waals surface area contributed by atoms with Gasteiger partial charge in [0.2, 0.25) is 0 Å². The monoisotopic (exact) mass is 321 g/mol. The van der Waals surface area contributed by atoms with Gasteiger partial charge in [-0.05, 0) is 47.0 Å². The van der Waals surface area contributed by atoms with E-state index in [1.807, 2.05) is 43.0 Å². The molecule has 0 atom stereocenters. The van der Waals surface area contributed by atoms with Gasteiger partial charge in [-0.2, -0.15) is 23.1 Å². The van der Waals surface area contributed by atoms with Gasteiger partial charge in [-0.25, -0.2) is 0 Å². The molecule has 3 nitrogen and oxygen atoms in total. The zero-order chi connectivity index (χ0) is 14.9. The molecule has 0 aliphatic carbocycles. The number of ether oxygens (including phenoxy) is 1. The van der Waals surface area contributed by atoms with E-state index in [0.29, 0.717) is 6.54 Å². The number of thioether (sulfide) groups is 1. The number of nitrogens with one attached hydrogen (secondary N) is 1. The summed E-state index contributed by atoms with van der Waals surface area (Å²) in [5.74, 6) is 2.56. The van der Waals surface area contributed by atoms with Crippen LogP contribution in [0.4, 0.5) is 0 Å². The summed E-state index contributed by atoms with van der Waals surface area (Å²) >= 11 is 3.53. The number of amides is 1. The Balaban J connectivity index is 1.55. The fourth-order valence-corrected chi connectivity index (χ4v) is 3.31. The van der Waals surface area contributed by atoms with Gasteiger partial charge in [-0.1, -0.05) is 12.1 Å². The molecule has 1 amide bonds. The van der Waals surface area contributed by atoms with Crippen molar-refractivity contribution in [2.75, 3.05) is 18.9 Å². The summed E-state index contributed by atoms with van der Waals surface area (Å²) in [5.41, 5.74) is 2.47. The summed E-state index contributed by atoms with van der Waals surface area (Å²) in [7, 11) is 0.